The fourth-order valence-corrected chi connectivity index (χ4v) is 6.73. The molecule has 0 amide bonds. The number of allylic oxidation sites excluding steroid dienone is 1. The van der Waals surface area contributed by atoms with E-state index in [0.717, 1.165) is 20.3 Å². The maximum atomic E-state index is 13.9. The van der Waals surface area contributed by atoms with E-state index in [1.807, 2.05) is 79.7 Å². The number of ether oxygens (including phenoxy) is 3. The molecule has 0 fully saturated rings. The van der Waals surface area contributed by atoms with E-state index >= 15 is 0 Å². The van der Waals surface area contributed by atoms with Crippen molar-refractivity contribution < 1.29 is 19.0 Å². The molecule has 10 heteroatoms. The van der Waals surface area contributed by atoms with Crippen molar-refractivity contribution in [2.45, 2.75) is 26.0 Å². The number of esters is 1. The van der Waals surface area contributed by atoms with Crippen molar-refractivity contribution in [3.05, 3.63) is 123 Å². The highest BCUT2D eigenvalue weighted by atomic mass is 127. The van der Waals surface area contributed by atoms with E-state index in [-0.39, 0.29) is 5.56 Å². The molecule has 0 unspecified atom stereocenters. The van der Waals surface area contributed by atoms with Crippen LogP contribution >= 0.6 is 45.5 Å². The molecule has 4 aromatic rings. The van der Waals surface area contributed by atoms with Gasteiger partial charge in [0.15, 0.2) is 16.3 Å². The fraction of sp³-hybridized carbons (Fsp3) is 0.194. The second-order valence-electron chi connectivity index (χ2n) is 9.15. The lowest BCUT2D eigenvalue weighted by molar-refractivity contribution is -0.136. The van der Waals surface area contributed by atoms with Crippen LogP contribution in [-0.2, 0) is 16.1 Å². The average molecular weight is 701 g/mol. The lowest BCUT2D eigenvalue weighted by Crippen LogP contribution is -2.40. The second-order valence-corrected chi connectivity index (χ2v) is 11.8. The maximum absolute atomic E-state index is 13.9. The first-order chi connectivity index (χ1) is 19.8. The number of hydrogen-bond donors (Lipinski definition) is 0. The molecule has 2 heterocycles. The lowest BCUT2D eigenvalue weighted by atomic mass is 9.95. The summed E-state index contributed by atoms with van der Waals surface area (Å²) in [6.45, 7) is 2.26. The summed E-state index contributed by atoms with van der Waals surface area (Å²) in [4.78, 5) is 32.1. The number of benzene rings is 3. The molecule has 1 aromatic heterocycles. The molecule has 41 heavy (non-hydrogen) atoms. The van der Waals surface area contributed by atoms with Crippen molar-refractivity contribution in [1.29, 1.82) is 0 Å². The monoisotopic (exact) mass is 700 g/mol. The molecule has 1 atom stereocenters. The molecular weight excluding hydrogens is 675 g/mol. The van der Waals surface area contributed by atoms with Gasteiger partial charge in [0.05, 0.1) is 39.6 Å². The van der Waals surface area contributed by atoms with Gasteiger partial charge in [-0.15, -0.1) is 0 Å². The molecule has 7 nitrogen and oxygen atoms in total. The van der Waals surface area contributed by atoms with Gasteiger partial charge in [-0.25, -0.2) is 9.79 Å². The molecule has 0 bridgehead atoms. The number of fused-ring (bicyclic) bond motifs is 1. The van der Waals surface area contributed by atoms with Crippen LogP contribution in [0, 0.1) is 3.57 Å². The average Bonchev–Trinajstić information content (AvgIpc) is 3.29. The largest absolute Gasteiger partial charge is 0.493 e. The van der Waals surface area contributed by atoms with Crippen LogP contribution in [-0.4, -0.2) is 24.8 Å². The van der Waals surface area contributed by atoms with E-state index < -0.39 is 12.0 Å². The summed E-state index contributed by atoms with van der Waals surface area (Å²) in [5, 5.41) is 0.642. The third-order valence-corrected chi connectivity index (χ3v) is 8.61. The predicted molar refractivity (Wildman–Crippen MR) is 168 cm³/mol. The van der Waals surface area contributed by atoms with E-state index in [2.05, 4.69) is 22.6 Å². The summed E-state index contributed by atoms with van der Waals surface area (Å²) >= 11 is 9.59. The number of thiazole rings is 1. The molecule has 1 aliphatic heterocycles. The van der Waals surface area contributed by atoms with Crippen molar-refractivity contribution in [1.82, 2.24) is 4.57 Å². The first-order valence-electron chi connectivity index (χ1n) is 12.8. The van der Waals surface area contributed by atoms with Crippen LogP contribution in [0.4, 0.5) is 0 Å². The molecule has 0 spiro atoms. The fourth-order valence-electron chi connectivity index (χ4n) is 4.71. The van der Waals surface area contributed by atoms with Gasteiger partial charge in [-0.05, 0) is 76.0 Å². The van der Waals surface area contributed by atoms with Gasteiger partial charge in [-0.1, -0.05) is 72.3 Å². The Labute approximate surface area is 259 Å². The smallest absolute Gasteiger partial charge is 0.338 e. The third-order valence-electron chi connectivity index (χ3n) is 6.59. The summed E-state index contributed by atoms with van der Waals surface area (Å²) < 4.78 is 19.8. The Morgan fingerprint density at radius 1 is 1.12 bits per heavy atom. The molecule has 0 radical (unpaired) electrons. The zero-order valence-electron chi connectivity index (χ0n) is 22.5. The minimum atomic E-state index is -0.645. The van der Waals surface area contributed by atoms with E-state index in [4.69, 9.17) is 30.8 Å². The standard InChI is InChI=1S/C31H26ClIN2O5S/c1-4-23-26(30(37)39-3)27(20-10-6-5-7-11-20)35-29(36)25(41-31(35)34-23)16-19-14-22(33)28(24(15-19)38-2)40-17-18-9-8-12-21(32)13-18/h5-16,27H,4,17H2,1-3H3/b25-16+/t27-/m1/s1. The molecule has 210 valence electrons. The first kappa shape index (κ1) is 29.1. The van der Waals surface area contributed by atoms with Gasteiger partial charge >= 0.3 is 5.97 Å². The highest BCUT2D eigenvalue weighted by Crippen LogP contribution is 2.35. The maximum Gasteiger partial charge on any atom is 0.338 e. The van der Waals surface area contributed by atoms with Gasteiger partial charge < -0.3 is 14.2 Å². The molecule has 5 rings (SSSR count). The SMILES string of the molecule is CCC1=C(C(=O)OC)[C@@H](c2ccccc2)n2c(s/c(=C/c3cc(I)c(OCc4cccc(Cl)c4)c(OC)c3)c2=O)=N1. The highest BCUT2D eigenvalue weighted by Gasteiger charge is 2.33. The van der Waals surface area contributed by atoms with Crippen molar-refractivity contribution >= 4 is 57.6 Å². The van der Waals surface area contributed by atoms with Crippen molar-refractivity contribution in [2.75, 3.05) is 14.2 Å². The molecule has 0 aliphatic carbocycles. The topological polar surface area (TPSA) is 79.1 Å². The van der Waals surface area contributed by atoms with Crippen LogP contribution in [0.1, 0.15) is 36.1 Å². The molecular formula is C31H26ClIN2O5S. The number of methoxy groups -OCH3 is 2. The molecule has 0 saturated carbocycles. The summed E-state index contributed by atoms with van der Waals surface area (Å²) in [7, 11) is 2.92. The molecule has 3 aromatic carbocycles. The number of hydrogen-bond acceptors (Lipinski definition) is 7. The quantitative estimate of drug-likeness (QED) is 0.176. The van der Waals surface area contributed by atoms with Gasteiger partial charge in [0.25, 0.3) is 5.56 Å². The van der Waals surface area contributed by atoms with Gasteiger partial charge in [-0.2, -0.15) is 0 Å². The Morgan fingerprint density at radius 2 is 1.90 bits per heavy atom. The summed E-state index contributed by atoms with van der Waals surface area (Å²) in [5.74, 6) is 0.647. The number of aromatic nitrogens is 1. The van der Waals surface area contributed by atoms with Gasteiger partial charge in [0.1, 0.15) is 6.61 Å². The van der Waals surface area contributed by atoms with Gasteiger partial charge in [-0.3, -0.25) is 9.36 Å². The second kappa shape index (κ2) is 12.6. The number of carbonyl (C=O) groups is 1. The zero-order chi connectivity index (χ0) is 29.1. The molecule has 0 saturated heterocycles. The number of rotatable bonds is 8. The normalized spacial score (nSPS) is 14.9. The van der Waals surface area contributed by atoms with E-state index in [1.165, 1.54) is 18.4 Å². The van der Waals surface area contributed by atoms with E-state index in [1.54, 1.807) is 11.7 Å². The highest BCUT2D eigenvalue weighted by molar-refractivity contribution is 14.1. The van der Waals surface area contributed by atoms with E-state index in [0.29, 0.717) is 50.2 Å². The van der Waals surface area contributed by atoms with Crippen LogP contribution in [0.25, 0.3) is 6.08 Å². The van der Waals surface area contributed by atoms with Crippen molar-refractivity contribution in [3.63, 3.8) is 0 Å². The lowest BCUT2D eigenvalue weighted by Gasteiger charge is -2.25. The van der Waals surface area contributed by atoms with Crippen LogP contribution < -0.4 is 24.4 Å². The summed E-state index contributed by atoms with van der Waals surface area (Å²) in [6.07, 6.45) is 2.33. The number of halogens is 2. The van der Waals surface area contributed by atoms with Crippen molar-refractivity contribution in [2.24, 2.45) is 4.99 Å². The zero-order valence-corrected chi connectivity index (χ0v) is 26.2. The van der Waals surface area contributed by atoms with Crippen LogP contribution in [0.5, 0.6) is 11.5 Å². The van der Waals surface area contributed by atoms with Crippen LogP contribution in [0.2, 0.25) is 5.02 Å². The summed E-state index contributed by atoms with van der Waals surface area (Å²) in [6, 6.07) is 20.1. The van der Waals surface area contributed by atoms with Gasteiger partial charge in [0, 0.05) is 5.02 Å². The molecule has 0 N–H and O–H groups in total. The Bertz CT molecular complexity index is 1830. The third kappa shape index (κ3) is 5.98. The number of carbonyl (C=O) groups excluding carboxylic acids is 1. The molecule has 1 aliphatic rings. The number of nitrogens with zero attached hydrogens (tertiary/aromatic N) is 2. The Hall–Kier alpha value is -3.41. The Morgan fingerprint density at radius 3 is 2.59 bits per heavy atom. The van der Waals surface area contributed by atoms with Crippen molar-refractivity contribution in [3.8, 4) is 11.5 Å². The first-order valence-corrected chi connectivity index (χ1v) is 15.0. The Balaban J connectivity index is 1.59. The predicted octanol–water partition coefficient (Wildman–Crippen LogP) is 5.64. The Kier molecular flexibility index (Phi) is 8.96. The van der Waals surface area contributed by atoms with Crippen LogP contribution in [0.3, 0.4) is 0 Å². The summed E-state index contributed by atoms with van der Waals surface area (Å²) in [5.41, 5.74) is 3.25. The minimum Gasteiger partial charge on any atom is -0.493 e. The minimum absolute atomic E-state index is 0.241. The van der Waals surface area contributed by atoms with Gasteiger partial charge in [0.2, 0.25) is 0 Å². The van der Waals surface area contributed by atoms with Crippen LogP contribution in [0.15, 0.2) is 87.8 Å². The van der Waals surface area contributed by atoms with E-state index in [9.17, 15) is 9.59 Å².